The molecule has 35 heavy (non-hydrogen) atoms. The minimum atomic E-state index is -1.20. The molecular weight excluding hydrogens is 436 g/mol. The number of fused-ring (bicyclic) bond motifs is 8. The minimum absolute atomic E-state index is 0.0523. The van der Waals surface area contributed by atoms with Crippen molar-refractivity contribution in [1.82, 2.24) is 9.55 Å². The molecule has 4 aromatic carbocycles. The van der Waals surface area contributed by atoms with Gasteiger partial charge < -0.3 is 15.0 Å². The molecule has 5 aromatic rings. The second kappa shape index (κ2) is 7.21. The van der Waals surface area contributed by atoms with Crippen LogP contribution in [0, 0.1) is 0 Å². The number of imidazole rings is 1. The van der Waals surface area contributed by atoms with Crippen molar-refractivity contribution in [3.05, 3.63) is 108 Å². The highest BCUT2D eigenvalue weighted by molar-refractivity contribution is 6.12. The van der Waals surface area contributed by atoms with Crippen molar-refractivity contribution in [3.8, 4) is 17.1 Å². The lowest BCUT2D eigenvalue weighted by Crippen LogP contribution is -2.53. The summed E-state index contributed by atoms with van der Waals surface area (Å²) in [6, 6.07) is 31.9. The topological polar surface area (TPSA) is 59.4 Å². The summed E-state index contributed by atoms with van der Waals surface area (Å²) in [5.41, 5.74) is 5.15. The number of carbonyl (C=O) groups excluding carboxylic acids is 1. The van der Waals surface area contributed by atoms with Gasteiger partial charge in [0.05, 0.1) is 30.4 Å². The van der Waals surface area contributed by atoms with E-state index in [-0.39, 0.29) is 5.91 Å². The second-order valence-corrected chi connectivity index (χ2v) is 8.90. The molecule has 1 unspecified atom stereocenters. The van der Waals surface area contributed by atoms with E-state index in [0.29, 0.717) is 12.3 Å². The van der Waals surface area contributed by atoms with Crippen LogP contribution in [0.25, 0.3) is 22.4 Å². The van der Waals surface area contributed by atoms with Crippen molar-refractivity contribution >= 4 is 28.3 Å². The Morgan fingerprint density at radius 2 is 1.69 bits per heavy atom. The van der Waals surface area contributed by atoms with Crippen LogP contribution in [0.4, 0.5) is 11.4 Å². The molecular formula is C29H22N4O2. The van der Waals surface area contributed by atoms with Crippen LogP contribution in [0.1, 0.15) is 11.1 Å². The monoisotopic (exact) mass is 458 g/mol. The maximum Gasteiger partial charge on any atom is 0.279 e. The smallest absolute Gasteiger partial charge is 0.279 e. The second-order valence-electron chi connectivity index (χ2n) is 8.90. The Morgan fingerprint density at radius 1 is 0.914 bits per heavy atom. The Labute approximate surface area is 202 Å². The van der Waals surface area contributed by atoms with Crippen LogP contribution in [0.2, 0.25) is 0 Å². The third kappa shape index (κ3) is 2.65. The predicted octanol–water partition coefficient (Wildman–Crippen LogP) is 5.39. The molecule has 6 heteroatoms. The third-order valence-electron chi connectivity index (χ3n) is 7.00. The molecule has 1 atom stereocenters. The first-order chi connectivity index (χ1) is 17.2. The molecule has 1 aromatic heterocycles. The standard InChI is InChI=1S/C29H22N4O2/c1-35-20-15-16-25-22(17-20)29(28(34)32(25)18-19-9-3-2-4-10-19)31-23-12-6-5-11-21(23)27-30-24-13-7-8-14-26(24)33(27)29/h2-17,31H,18H2,1H3. The average molecular weight is 459 g/mol. The average Bonchev–Trinajstić information content (AvgIpc) is 3.40. The predicted molar refractivity (Wildman–Crippen MR) is 136 cm³/mol. The Hall–Kier alpha value is -4.58. The van der Waals surface area contributed by atoms with Crippen LogP contribution in [-0.2, 0) is 17.0 Å². The molecule has 0 bridgehead atoms. The van der Waals surface area contributed by atoms with E-state index in [4.69, 9.17) is 9.72 Å². The number of nitrogens with one attached hydrogen (secondary N) is 1. The van der Waals surface area contributed by atoms with Gasteiger partial charge in [-0.2, -0.15) is 0 Å². The molecule has 1 amide bonds. The SMILES string of the molecule is COc1ccc2c(c1)C1(Nc3ccccc3-c3nc4ccccc4n31)C(=O)N2Cc1ccccc1. The van der Waals surface area contributed by atoms with Gasteiger partial charge in [0.2, 0.25) is 5.66 Å². The highest BCUT2D eigenvalue weighted by atomic mass is 16.5. The normalized spacial score (nSPS) is 17.7. The summed E-state index contributed by atoms with van der Waals surface area (Å²) >= 11 is 0. The van der Waals surface area contributed by atoms with Crippen molar-refractivity contribution in [2.45, 2.75) is 12.2 Å². The number of rotatable bonds is 3. The highest BCUT2D eigenvalue weighted by Gasteiger charge is 2.56. The number of nitrogens with zero attached hydrogens (tertiary/aromatic N) is 3. The maximum absolute atomic E-state index is 14.6. The van der Waals surface area contributed by atoms with Crippen molar-refractivity contribution in [3.63, 3.8) is 0 Å². The largest absolute Gasteiger partial charge is 0.497 e. The van der Waals surface area contributed by atoms with E-state index in [1.54, 1.807) is 7.11 Å². The quantitative estimate of drug-likeness (QED) is 0.394. The van der Waals surface area contributed by atoms with Crippen molar-refractivity contribution in [2.24, 2.45) is 0 Å². The molecule has 7 rings (SSSR count). The summed E-state index contributed by atoms with van der Waals surface area (Å²) < 4.78 is 7.67. The number of aromatic nitrogens is 2. The summed E-state index contributed by atoms with van der Waals surface area (Å²) in [5, 5.41) is 3.66. The molecule has 0 saturated carbocycles. The van der Waals surface area contributed by atoms with Gasteiger partial charge in [0.15, 0.2) is 0 Å². The molecule has 0 radical (unpaired) electrons. The Bertz CT molecular complexity index is 1620. The van der Waals surface area contributed by atoms with Gasteiger partial charge in [0, 0.05) is 16.8 Å². The highest BCUT2D eigenvalue weighted by Crippen LogP contribution is 2.51. The van der Waals surface area contributed by atoms with Crippen LogP contribution in [0.5, 0.6) is 5.75 Å². The van der Waals surface area contributed by atoms with Crippen LogP contribution in [0.3, 0.4) is 0 Å². The molecule has 0 fully saturated rings. The molecule has 170 valence electrons. The van der Waals surface area contributed by atoms with Crippen LogP contribution in [0.15, 0.2) is 97.1 Å². The first-order valence-electron chi connectivity index (χ1n) is 11.6. The van der Waals surface area contributed by atoms with Crippen LogP contribution >= 0.6 is 0 Å². The maximum atomic E-state index is 14.6. The molecule has 6 nitrogen and oxygen atoms in total. The molecule has 2 aliphatic heterocycles. The van der Waals surface area contributed by atoms with Crippen molar-refractivity contribution in [2.75, 3.05) is 17.3 Å². The van der Waals surface area contributed by atoms with Crippen molar-refractivity contribution < 1.29 is 9.53 Å². The number of hydrogen-bond donors (Lipinski definition) is 1. The molecule has 3 heterocycles. The van der Waals surface area contributed by atoms with E-state index in [1.165, 1.54) is 0 Å². The number of amides is 1. The van der Waals surface area contributed by atoms with Gasteiger partial charge in [-0.1, -0.05) is 54.6 Å². The van der Waals surface area contributed by atoms with Crippen LogP contribution in [-0.4, -0.2) is 22.6 Å². The summed E-state index contributed by atoms with van der Waals surface area (Å²) in [6.45, 7) is 0.464. The molecule has 2 aliphatic rings. The van der Waals surface area contributed by atoms with E-state index in [9.17, 15) is 4.79 Å². The van der Waals surface area contributed by atoms with Gasteiger partial charge in [-0.15, -0.1) is 0 Å². The van der Waals surface area contributed by atoms with Gasteiger partial charge in [-0.3, -0.25) is 9.36 Å². The zero-order valence-electron chi connectivity index (χ0n) is 19.1. The van der Waals surface area contributed by atoms with E-state index >= 15 is 0 Å². The number of para-hydroxylation sites is 3. The van der Waals surface area contributed by atoms with Gasteiger partial charge in [-0.05, 0) is 48.0 Å². The Balaban J connectivity index is 1.55. The van der Waals surface area contributed by atoms with E-state index in [2.05, 4.69) is 9.88 Å². The number of hydrogen-bond acceptors (Lipinski definition) is 4. The van der Waals surface area contributed by atoms with E-state index in [1.807, 2.05) is 102 Å². The fourth-order valence-electron chi connectivity index (χ4n) is 5.43. The fraction of sp³-hybridized carbons (Fsp3) is 0.103. The molecule has 1 N–H and O–H groups in total. The zero-order valence-corrected chi connectivity index (χ0v) is 19.1. The number of methoxy groups -OCH3 is 1. The summed E-state index contributed by atoms with van der Waals surface area (Å²) in [5.74, 6) is 1.41. The third-order valence-corrected chi connectivity index (χ3v) is 7.00. The first kappa shape index (κ1) is 19.9. The van der Waals surface area contributed by atoms with Gasteiger partial charge >= 0.3 is 0 Å². The Kier molecular flexibility index (Phi) is 4.09. The van der Waals surface area contributed by atoms with Crippen LogP contribution < -0.4 is 15.0 Å². The lowest BCUT2D eigenvalue weighted by molar-refractivity contribution is -0.123. The molecule has 1 spiro atoms. The van der Waals surface area contributed by atoms with Gasteiger partial charge in [0.1, 0.15) is 11.6 Å². The number of carbonyl (C=O) groups is 1. The van der Waals surface area contributed by atoms with E-state index < -0.39 is 5.66 Å². The first-order valence-corrected chi connectivity index (χ1v) is 11.6. The van der Waals surface area contributed by atoms with E-state index in [0.717, 1.165) is 44.9 Å². The number of benzene rings is 4. The molecule has 0 saturated heterocycles. The summed E-state index contributed by atoms with van der Waals surface area (Å²) in [7, 11) is 1.65. The number of ether oxygens (including phenoxy) is 1. The lowest BCUT2D eigenvalue weighted by Gasteiger charge is -2.38. The fourth-order valence-corrected chi connectivity index (χ4v) is 5.43. The zero-order chi connectivity index (χ0) is 23.6. The van der Waals surface area contributed by atoms with Gasteiger partial charge in [0.25, 0.3) is 5.91 Å². The Morgan fingerprint density at radius 3 is 2.54 bits per heavy atom. The summed E-state index contributed by atoms with van der Waals surface area (Å²) in [4.78, 5) is 21.5. The number of anilines is 2. The minimum Gasteiger partial charge on any atom is -0.497 e. The summed E-state index contributed by atoms with van der Waals surface area (Å²) in [6.07, 6.45) is 0. The van der Waals surface area contributed by atoms with Crippen molar-refractivity contribution in [1.29, 1.82) is 0 Å². The molecule has 0 aliphatic carbocycles. The lowest BCUT2D eigenvalue weighted by atomic mass is 9.95. The van der Waals surface area contributed by atoms with Gasteiger partial charge in [-0.25, -0.2) is 4.98 Å².